The minimum atomic E-state index is -0.0321. The van der Waals surface area contributed by atoms with Gasteiger partial charge < -0.3 is 10.2 Å². The Morgan fingerprint density at radius 3 is 2.92 bits per heavy atom. The number of likely N-dealkylation sites (tertiary alicyclic amines) is 1. The van der Waals surface area contributed by atoms with Gasteiger partial charge in [-0.1, -0.05) is 13.3 Å². The molecule has 1 aliphatic rings. The van der Waals surface area contributed by atoms with E-state index in [1.807, 2.05) is 4.90 Å². The second-order valence-corrected chi connectivity index (χ2v) is 6.59. The van der Waals surface area contributed by atoms with Crippen molar-refractivity contribution in [2.45, 2.75) is 64.3 Å². The van der Waals surface area contributed by atoms with Crippen LogP contribution in [-0.4, -0.2) is 51.0 Å². The molecule has 1 atom stereocenters. The van der Waals surface area contributed by atoms with E-state index in [2.05, 4.69) is 27.4 Å². The van der Waals surface area contributed by atoms with Crippen LogP contribution in [0.5, 0.6) is 0 Å². The van der Waals surface area contributed by atoms with Crippen LogP contribution in [0.1, 0.15) is 57.7 Å². The number of aryl methyl sites for hydroxylation is 1. The maximum Gasteiger partial charge on any atom is 0.242 e. The molecule has 7 nitrogen and oxygen atoms in total. The molecule has 2 N–H and O–H groups in total. The Hall–Kier alpha value is -1.63. The summed E-state index contributed by atoms with van der Waals surface area (Å²) < 4.78 is 0. The molecule has 0 spiro atoms. The molecule has 0 bridgehead atoms. The SMILES string of the molecule is CCCCC(=O)N1CCCC[C@H](NC(=O)CCc2nc(Cl)n[nH]2)C1. The van der Waals surface area contributed by atoms with Gasteiger partial charge in [0.25, 0.3) is 0 Å². The van der Waals surface area contributed by atoms with Gasteiger partial charge in [0.1, 0.15) is 5.82 Å². The molecule has 1 aliphatic heterocycles. The van der Waals surface area contributed by atoms with Gasteiger partial charge in [0.15, 0.2) is 0 Å². The number of halogens is 1. The number of amides is 2. The maximum atomic E-state index is 12.2. The average molecular weight is 356 g/mol. The first-order valence-electron chi connectivity index (χ1n) is 8.72. The van der Waals surface area contributed by atoms with Gasteiger partial charge in [-0.05, 0) is 37.3 Å². The van der Waals surface area contributed by atoms with Crippen molar-refractivity contribution in [2.75, 3.05) is 13.1 Å². The quantitative estimate of drug-likeness (QED) is 0.783. The highest BCUT2D eigenvalue weighted by Crippen LogP contribution is 2.13. The summed E-state index contributed by atoms with van der Waals surface area (Å²) in [4.78, 5) is 30.3. The summed E-state index contributed by atoms with van der Waals surface area (Å²) in [5, 5.41) is 9.63. The molecule has 2 rings (SSSR count). The number of carbonyl (C=O) groups excluding carboxylic acids is 2. The Kier molecular flexibility index (Phi) is 7.49. The number of H-pyrrole nitrogens is 1. The van der Waals surface area contributed by atoms with Crippen LogP contribution in [0.4, 0.5) is 0 Å². The summed E-state index contributed by atoms with van der Waals surface area (Å²) in [5.41, 5.74) is 0. The average Bonchev–Trinajstić information content (AvgIpc) is 2.84. The van der Waals surface area contributed by atoms with Crippen LogP contribution in [0.2, 0.25) is 5.28 Å². The first-order valence-corrected chi connectivity index (χ1v) is 9.10. The predicted octanol–water partition coefficient (Wildman–Crippen LogP) is 2.08. The van der Waals surface area contributed by atoms with Crippen molar-refractivity contribution in [3.05, 3.63) is 11.1 Å². The van der Waals surface area contributed by atoms with E-state index in [0.29, 0.717) is 31.6 Å². The highest BCUT2D eigenvalue weighted by Gasteiger charge is 2.22. The molecule has 134 valence electrons. The molecule has 0 radical (unpaired) electrons. The molecule has 1 aromatic rings. The zero-order valence-electron chi connectivity index (χ0n) is 14.2. The Labute approximate surface area is 147 Å². The van der Waals surface area contributed by atoms with E-state index in [9.17, 15) is 9.59 Å². The fourth-order valence-corrected chi connectivity index (χ4v) is 3.03. The minimum Gasteiger partial charge on any atom is -0.352 e. The third-order valence-electron chi connectivity index (χ3n) is 4.23. The molecule has 1 fully saturated rings. The third kappa shape index (κ3) is 6.11. The molecule has 24 heavy (non-hydrogen) atoms. The normalized spacial score (nSPS) is 18.2. The molecule has 2 heterocycles. The zero-order chi connectivity index (χ0) is 17.4. The second-order valence-electron chi connectivity index (χ2n) is 6.25. The molecule has 0 unspecified atom stereocenters. The van der Waals surface area contributed by atoms with Gasteiger partial charge >= 0.3 is 0 Å². The maximum absolute atomic E-state index is 12.2. The van der Waals surface area contributed by atoms with Crippen LogP contribution in [0.15, 0.2) is 0 Å². The fourth-order valence-electron chi connectivity index (χ4n) is 2.89. The number of aromatic nitrogens is 3. The van der Waals surface area contributed by atoms with E-state index < -0.39 is 0 Å². The van der Waals surface area contributed by atoms with Crippen molar-refractivity contribution in [3.63, 3.8) is 0 Å². The number of hydrogen-bond acceptors (Lipinski definition) is 4. The summed E-state index contributed by atoms with van der Waals surface area (Å²) >= 11 is 5.64. The summed E-state index contributed by atoms with van der Waals surface area (Å²) in [6, 6.07) is 0.0314. The van der Waals surface area contributed by atoms with Gasteiger partial charge in [0.05, 0.1) is 0 Å². The monoisotopic (exact) mass is 355 g/mol. The minimum absolute atomic E-state index is 0.0314. The largest absolute Gasteiger partial charge is 0.352 e. The zero-order valence-corrected chi connectivity index (χ0v) is 14.9. The van der Waals surface area contributed by atoms with Crippen molar-refractivity contribution >= 4 is 23.4 Å². The number of hydrogen-bond donors (Lipinski definition) is 2. The Morgan fingerprint density at radius 1 is 1.38 bits per heavy atom. The molecular formula is C16H26ClN5O2. The lowest BCUT2D eigenvalue weighted by Gasteiger charge is -2.25. The van der Waals surface area contributed by atoms with Crippen molar-refractivity contribution in [1.29, 1.82) is 0 Å². The van der Waals surface area contributed by atoms with Crippen LogP contribution in [-0.2, 0) is 16.0 Å². The third-order valence-corrected chi connectivity index (χ3v) is 4.40. The molecule has 1 aromatic heterocycles. The van der Waals surface area contributed by atoms with Crippen LogP contribution in [0, 0.1) is 0 Å². The van der Waals surface area contributed by atoms with E-state index in [4.69, 9.17) is 11.6 Å². The second kappa shape index (κ2) is 9.61. The number of rotatable bonds is 7. The number of carbonyl (C=O) groups is 2. The summed E-state index contributed by atoms with van der Waals surface area (Å²) in [5.74, 6) is 0.775. The van der Waals surface area contributed by atoms with Gasteiger partial charge in [-0.25, -0.2) is 4.98 Å². The lowest BCUT2D eigenvalue weighted by atomic mass is 10.1. The highest BCUT2D eigenvalue weighted by molar-refractivity contribution is 6.28. The highest BCUT2D eigenvalue weighted by atomic mass is 35.5. The van der Waals surface area contributed by atoms with Crippen molar-refractivity contribution in [1.82, 2.24) is 25.4 Å². The van der Waals surface area contributed by atoms with E-state index >= 15 is 0 Å². The Balaban J connectivity index is 1.78. The Morgan fingerprint density at radius 2 is 2.21 bits per heavy atom. The number of nitrogens with one attached hydrogen (secondary N) is 2. The van der Waals surface area contributed by atoms with Crippen molar-refractivity contribution < 1.29 is 9.59 Å². The van der Waals surface area contributed by atoms with Gasteiger partial charge in [0, 0.05) is 38.4 Å². The molecule has 2 amide bonds. The lowest BCUT2D eigenvalue weighted by Crippen LogP contribution is -2.44. The molecule has 1 saturated heterocycles. The number of unbranched alkanes of at least 4 members (excludes halogenated alkanes) is 1. The van der Waals surface area contributed by atoms with Gasteiger partial charge in [-0.15, -0.1) is 5.10 Å². The number of nitrogens with zero attached hydrogens (tertiary/aromatic N) is 3. The molecule has 0 saturated carbocycles. The lowest BCUT2D eigenvalue weighted by molar-refractivity contribution is -0.132. The first kappa shape index (κ1) is 18.7. The standard InChI is InChI=1S/C16H26ClN5O2/c1-2-3-7-15(24)22-10-5-4-6-12(11-22)18-14(23)9-8-13-19-16(17)21-20-13/h12H,2-11H2,1H3,(H,18,23)(H,19,20,21)/t12-/m0/s1. The van der Waals surface area contributed by atoms with E-state index in [-0.39, 0.29) is 23.1 Å². The summed E-state index contributed by atoms with van der Waals surface area (Å²) in [6.07, 6.45) is 6.28. The van der Waals surface area contributed by atoms with Gasteiger partial charge in [0.2, 0.25) is 17.1 Å². The smallest absolute Gasteiger partial charge is 0.242 e. The van der Waals surface area contributed by atoms with E-state index in [1.54, 1.807) is 0 Å². The van der Waals surface area contributed by atoms with E-state index in [1.165, 1.54) is 0 Å². The summed E-state index contributed by atoms with van der Waals surface area (Å²) in [6.45, 7) is 3.49. The van der Waals surface area contributed by atoms with Crippen LogP contribution in [0.3, 0.4) is 0 Å². The van der Waals surface area contributed by atoms with Crippen LogP contribution < -0.4 is 5.32 Å². The van der Waals surface area contributed by atoms with Gasteiger partial charge in [-0.3, -0.25) is 14.7 Å². The fraction of sp³-hybridized carbons (Fsp3) is 0.750. The predicted molar refractivity (Wildman–Crippen MR) is 91.6 cm³/mol. The van der Waals surface area contributed by atoms with E-state index in [0.717, 1.165) is 38.6 Å². The summed E-state index contributed by atoms with van der Waals surface area (Å²) in [7, 11) is 0. The molecule has 0 aliphatic carbocycles. The number of aromatic amines is 1. The van der Waals surface area contributed by atoms with Crippen LogP contribution in [0.25, 0.3) is 0 Å². The molecule has 0 aromatic carbocycles. The topological polar surface area (TPSA) is 91.0 Å². The molecule has 8 heteroatoms. The van der Waals surface area contributed by atoms with Crippen molar-refractivity contribution in [3.8, 4) is 0 Å². The Bertz CT molecular complexity index is 548. The first-order chi connectivity index (χ1) is 11.6. The molecular weight excluding hydrogens is 330 g/mol. The van der Waals surface area contributed by atoms with Crippen molar-refractivity contribution in [2.24, 2.45) is 0 Å². The van der Waals surface area contributed by atoms with Gasteiger partial charge in [-0.2, -0.15) is 0 Å². The van der Waals surface area contributed by atoms with Crippen LogP contribution >= 0.6 is 11.6 Å².